The van der Waals surface area contributed by atoms with E-state index < -0.39 is 10.0 Å². The molecule has 1 heterocycles. The van der Waals surface area contributed by atoms with E-state index >= 15 is 0 Å². The van der Waals surface area contributed by atoms with Crippen LogP contribution in [0.5, 0.6) is 5.75 Å². The summed E-state index contributed by atoms with van der Waals surface area (Å²) in [6, 6.07) is 14.9. The highest BCUT2D eigenvalue weighted by Crippen LogP contribution is 2.35. The molecule has 0 radical (unpaired) electrons. The van der Waals surface area contributed by atoms with E-state index in [1.165, 1.54) is 11.4 Å². The van der Waals surface area contributed by atoms with Gasteiger partial charge in [-0.15, -0.1) is 0 Å². The first-order chi connectivity index (χ1) is 12.9. The van der Waals surface area contributed by atoms with Crippen LogP contribution in [0.4, 0.5) is 11.4 Å². The molecule has 1 aliphatic heterocycles. The van der Waals surface area contributed by atoms with E-state index in [4.69, 9.17) is 4.74 Å². The highest BCUT2D eigenvalue weighted by atomic mass is 32.2. The van der Waals surface area contributed by atoms with Gasteiger partial charge in [0.15, 0.2) is 0 Å². The molecule has 3 rings (SSSR count). The fraction of sp³-hybridized carbons (Fsp3) is 0.350. The van der Waals surface area contributed by atoms with Gasteiger partial charge in [-0.05, 0) is 36.1 Å². The number of amides is 1. The van der Waals surface area contributed by atoms with Gasteiger partial charge >= 0.3 is 0 Å². The molecule has 1 atom stereocenters. The topological polar surface area (TPSA) is 75.7 Å². The quantitative estimate of drug-likeness (QED) is 0.823. The lowest BCUT2D eigenvalue weighted by Gasteiger charge is -2.21. The van der Waals surface area contributed by atoms with E-state index in [0.717, 1.165) is 5.56 Å². The number of nitrogens with one attached hydrogen (secondary N) is 1. The minimum atomic E-state index is -3.33. The summed E-state index contributed by atoms with van der Waals surface area (Å²) in [5.74, 6) is 0.562. The molecule has 0 spiro atoms. The van der Waals surface area contributed by atoms with Crippen LogP contribution >= 0.6 is 0 Å². The van der Waals surface area contributed by atoms with Crippen molar-refractivity contribution in [1.82, 2.24) is 0 Å². The van der Waals surface area contributed by atoms with Crippen LogP contribution in [0.2, 0.25) is 0 Å². The minimum absolute atomic E-state index is 0.0860. The van der Waals surface area contributed by atoms with Crippen molar-refractivity contribution in [2.45, 2.75) is 25.7 Å². The lowest BCUT2D eigenvalue weighted by atomic mass is 9.97. The van der Waals surface area contributed by atoms with Gasteiger partial charge in [-0.3, -0.25) is 9.10 Å². The number of ether oxygens (including phenoxy) is 1. The molecule has 6 nitrogen and oxygen atoms in total. The van der Waals surface area contributed by atoms with Crippen molar-refractivity contribution in [3.63, 3.8) is 0 Å². The summed E-state index contributed by atoms with van der Waals surface area (Å²) >= 11 is 0. The van der Waals surface area contributed by atoms with Gasteiger partial charge in [0.1, 0.15) is 5.75 Å². The lowest BCUT2D eigenvalue weighted by molar-refractivity contribution is -0.116. The van der Waals surface area contributed by atoms with Gasteiger partial charge in [0, 0.05) is 18.7 Å². The van der Waals surface area contributed by atoms with E-state index in [1.807, 2.05) is 37.3 Å². The smallest absolute Gasteiger partial charge is 0.235 e. The molecule has 1 unspecified atom stereocenters. The third-order valence-electron chi connectivity index (χ3n) is 4.69. The number of rotatable bonds is 6. The molecule has 1 amide bonds. The molecule has 7 heteroatoms. The number of hydrogen-bond donors (Lipinski definition) is 1. The van der Waals surface area contributed by atoms with Crippen molar-refractivity contribution < 1.29 is 17.9 Å². The second kappa shape index (κ2) is 8.00. The first-order valence-electron chi connectivity index (χ1n) is 8.94. The maximum Gasteiger partial charge on any atom is 0.235 e. The first-order valence-corrected chi connectivity index (χ1v) is 10.5. The van der Waals surface area contributed by atoms with Crippen LogP contribution in [0.3, 0.4) is 0 Å². The Morgan fingerprint density at radius 1 is 1.22 bits per heavy atom. The van der Waals surface area contributed by atoms with Gasteiger partial charge in [0.2, 0.25) is 15.9 Å². The highest BCUT2D eigenvalue weighted by molar-refractivity contribution is 7.93. The van der Waals surface area contributed by atoms with E-state index in [0.29, 0.717) is 36.5 Å². The molecule has 0 aliphatic carbocycles. The number of carbonyl (C=O) groups excluding carboxylic acids is 1. The molecule has 0 saturated carbocycles. The third-order valence-corrected chi connectivity index (χ3v) is 6.55. The zero-order chi connectivity index (χ0) is 19.4. The van der Waals surface area contributed by atoms with Gasteiger partial charge in [-0.25, -0.2) is 8.42 Å². The Hall–Kier alpha value is -2.54. The van der Waals surface area contributed by atoms with Crippen LogP contribution in [0.1, 0.15) is 31.2 Å². The SMILES string of the molecule is COc1ccc(NC(=O)CC(C)c2ccccc2)cc1N1CCCS1(=O)=O. The Labute approximate surface area is 160 Å². The molecule has 1 N–H and O–H groups in total. The van der Waals surface area contributed by atoms with Crippen LogP contribution < -0.4 is 14.4 Å². The van der Waals surface area contributed by atoms with Crippen molar-refractivity contribution >= 4 is 27.3 Å². The van der Waals surface area contributed by atoms with Gasteiger partial charge in [0.25, 0.3) is 0 Å². The maximum absolute atomic E-state index is 12.4. The largest absolute Gasteiger partial charge is 0.495 e. The lowest BCUT2D eigenvalue weighted by Crippen LogP contribution is -2.25. The van der Waals surface area contributed by atoms with Crippen LogP contribution in [0, 0.1) is 0 Å². The van der Waals surface area contributed by atoms with Crippen molar-refractivity contribution in [1.29, 1.82) is 0 Å². The van der Waals surface area contributed by atoms with Crippen LogP contribution in [0.15, 0.2) is 48.5 Å². The van der Waals surface area contributed by atoms with Crippen LogP contribution in [-0.4, -0.2) is 33.7 Å². The number of nitrogens with zero attached hydrogens (tertiary/aromatic N) is 1. The van der Waals surface area contributed by atoms with Crippen molar-refractivity contribution in [3.8, 4) is 5.75 Å². The van der Waals surface area contributed by atoms with Crippen molar-refractivity contribution in [2.75, 3.05) is 29.0 Å². The standard InChI is InChI=1S/C20H24N2O4S/c1-15(16-7-4-3-5-8-16)13-20(23)21-17-9-10-19(26-2)18(14-17)22-11-6-12-27(22,24)25/h3-5,7-10,14-15H,6,11-13H2,1-2H3,(H,21,23). The molecule has 27 heavy (non-hydrogen) atoms. The van der Waals surface area contributed by atoms with E-state index in [2.05, 4.69) is 5.32 Å². The second-order valence-electron chi connectivity index (χ2n) is 6.69. The van der Waals surface area contributed by atoms with E-state index in [1.54, 1.807) is 18.2 Å². The number of sulfonamides is 1. The highest BCUT2D eigenvalue weighted by Gasteiger charge is 2.30. The monoisotopic (exact) mass is 388 g/mol. The van der Waals surface area contributed by atoms with E-state index in [9.17, 15) is 13.2 Å². The van der Waals surface area contributed by atoms with E-state index in [-0.39, 0.29) is 17.6 Å². The fourth-order valence-corrected chi connectivity index (χ4v) is 4.83. The molecule has 0 bridgehead atoms. The van der Waals surface area contributed by atoms with Gasteiger partial charge in [0.05, 0.1) is 18.6 Å². The number of hydrogen-bond acceptors (Lipinski definition) is 4. The molecule has 2 aromatic rings. The molecular formula is C20H24N2O4S. The molecule has 1 fully saturated rings. The summed E-state index contributed by atoms with van der Waals surface area (Å²) < 4.78 is 31.2. The zero-order valence-electron chi connectivity index (χ0n) is 15.5. The second-order valence-corrected chi connectivity index (χ2v) is 8.71. The number of anilines is 2. The average molecular weight is 388 g/mol. The molecule has 144 valence electrons. The minimum Gasteiger partial charge on any atom is -0.495 e. The van der Waals surface area contributed by atoms with Gasteiger partial charge in [-0.2, -0.15) is 0 Å². The van der Waals surface area contributed by atoms with Crippen LogP contribution in [0.25, 0.3) is 0 Å². The molecule has 0 aromatic heterocycles. The summed E-state index contributed by atoms with van der Waals surface area (Å²) in [7, 11) is -1.83. The Morgan fingerprint density at radius 3 is 2.59 bits per heavy atom. The molecular weight excluding hydrogens is 364 g/mol. The third kappa shape index (κ3) is 4.42. The van der Waals surface area contributed by atoms with Gasteiger partial charge < -0.3 is 10.1 Å². The Bertz CT molecular complexity index is 913. The summed E-state index contributed by atoms with van der Waals surface area (Å²) in [4.78, 5) is 12.4. The number of carbonyl (C=O) groups is 1. The summed E-state index contributed by atoms with van der Waals surface area (Å²) in [6.07, 6.45) is 0.921. The molecule has 2 aromatic carbocycles. The van der Waals surface area contributed by atoms with Crippen LogP contribution in [-0.2, 0) is 14.8 Å². The van der Waals surface area contributed by atoms with Crippen molar-refractivity contribution in [2.24, 2.45) is 0 Å². The number of methoxy groups -OCH3 is 1. The Balaban J connectivity index is 1.75. The Morgan fingerprint density at radius 2 is 1.96 bits per heavy atom. The summed E-state index contributed by atoms with van der Waals surface area (Å²) in [5, 5.41) is 2.87. The number of benzene rings is 2. The Kier molecular flexibility index (Phi) is 5.70. The fourth-order valence-electron chi connectivity index (χ4n) is 3.26. The maximum atomic E-state index is 12.4. The predicted molar refractivity (Wildman–Crippen MR) is 107 cm³/mol. The van der Waals surface area contributed by atoms with Gasteiger partial charge in [-0.1, -0.05) is 37.3 Å². The summed E-state index contributed by atoms with van der Waals surface area (Å²) in [6.45, 7) is 2.42. The van der Waals surface area contributed by atoms with Crippen molar-refractivity contribution in [3.05, 3.63) is 54.1 Å². The zero-order valence-corrected chi connectivity index (χ0v) is 16.3. The summed E-state index contributed by atoms with van der Waals surface area (Å²) in [5.41, 5.74) is 2.12. The molecule has 1 aliphatic rings. The average Bonchev–Trinajstić information content (AvgIpc) is 3.01. The predicted octanol–water partition coefficient (Wildman–Crippen LogP) is 3.37. The molecule has 1 saturated heterocycles. The normalized spacial score (nSPS) is 16.7. The first kappa shape index (κ1) is 19.2.